The van der Waals surface area contributed by atoms with Crippen molar-refractivity contribution in [3.63, 3.8) is 0 Å². The van der Waals surface area contributed by atoms with Gasteiger partial charge in [-0.05, 0) is 87.7 Å². The number of benzene rings is 1. The van der Waals surface area contributed by atoms with Crippen LogP contribution < -0.4 is 59.7 Å². The molecule has 0 aromatic heterocycles. The van der Waals surface area contributed by atoms with Crippen LogP contribution in [0.1, 0.15) is 99.5 Å². The van der Waals surface area contributed by atoms with Crippen molar-refractivity contribution in [2.45, 2.75) is 155 Å². The van der Waals surface area contributed by atoms with Gasteiger partial charge in [0.05, 0.1) is 12.5 Å². The molecule has 0 bridgehead atoms. The number of nitrogens with one attached hydrogen (secondary N) is 8. The first-order valence-electron chi connectivity index (χ1n) is 23.9. The lowest BCUT2D eigenvalue weighted by molar-refractivity contribution is -0.142. The van der Waals surface area contributed by atoms with Gasteiger partial charge in [-0.2, -0.15) is 11.8 Å². The number of carboxylic acid groups (broad SMARTS) is 2. The van der Waals surface area contributed by atoms with E-state index in [9.17, 15) is 58.2 Å². The number of aliphatic imine (C=N–C) groups is 1. The molecule has 0 fully saturated rings. The standard InChI is InChI=1S/C47H78N12O12S/c1-24(2)20-33(56-39(63)30(48)22-29-14-11-10-12-15-29)43(67)58-35(23-36(60)61)44(68)57-34(21-25(3)4)42(66)55-32(17-19-72-9)41(65)54-31(16-13-18-51-47(49)50)40(64)52-27(7)38(62)59-37(26(5)6)45(69)53-28(8)46(70)71/h10-12,14-15,24-28,30-35,37H,13,16-23,48H2,1-9H3,(H,52,64)(H,53,69)(H,54,65)(H,55,66)(H,56,63)(H,57,68)(H,58,67)(H,59,62)(H,60,61)(H,70,71)(H4,49,50,51)/t27-,28-,30-,31-,32-,33-,34-,35-,37-/m0/s1. The number of guanidine groups is 1. The average Bonchev–Trinajstić information content (AvgIpc) is 3.28. The molecule has 8 amide bonds. The molecule has 9 atom stereocenters. The zero-order valence-corrected chi connectivity index (χ0v) is 43.6. The largest absolute Gasteiger partial charge is 0.481 e. The second kappa shape index (κ2) is 32.5. The van der Waals surface area contributed by atoms with Crippen LogP contribution in [0.25, 0.3) is 0 Å². The normalized spacial score (nSPS) is 14.9. The topological polar surface area (TPSA) is 398 Å². The van der Waals surface area contributed by atoms with Crippen molar-refractivity contribution in [2.24, 2.45) is 39.9 Å². The molecule has 0 saturated heterocycles. The highest BCUT2D eigenvalue weighted by atomic mass is 32.2. The Morgan fingerprint density at radius 3 is 1.51 bits per heavy atom. The van der Waals surface area contributed by atoms with Gasteiger partial charge in [-0.1, -0.05) is 71.9 Å². The van der Waals surface area contributed by atoms with E-state index in [0.717, 1.165) is 5.56 Å². The number of nitrogens with two attached hydrogens (primary N) is 3. The molecule has 24 nitrogen and oxygen atoms in total. The van der Waals surface area contributed by atoms with E-state index in [1.54, 1.807) is 72.1 Å². The van der Waals surface area contributed by atoms with E-state index in [2.05, 4.69) is 47.5 Å². The summed E-state index contributed by atoms with van der Waals surface area (Å²) in [5.41, 5.74) is 17.9. The Kier molecular flexibility index (Phi) is 28.6. The van der Waals surface area contributed by atoms with Gasteiger partial charge in [0.1, 0.15) is 48.3 Å². The van der Waals surface area contributed by atoms with Crippen molar-refractivity contribution >= 4 is 76.9 Å². The van der Waals surface area contributed by atoms with Crippen LogP contribution in [0.3, 0.4) is 0 Å². The number of nitrogens with zero attached hydrogens (tertiary/aromatic N) is 1. The number of rotatable bonds is 33. The van der Waals surface area contributed by atoms with E-state index in [-0.39, 0.29) is 62.9 Å². The molecule has 0 radical (unpaired) electrons. The summed E-state index contributed by atoms with van der Waals surface area (Å²) in [6.07, 6.45) is 1.30. The Morgan fingerprint density at radius 1 is 0.569 bits per heavy atom. The lowest BCUT2D eigenvalue weighted by atomic mass is 10.00. The molecule has 1 rings (SSSR count). The molecule has 404 valence electrons. The maximum atomic E-state index is 14.1. The van der Waals surface area contributed by atoms with Gasteiger partial charge in [0.2, 0.25) is 47.3 Å². The fourth-order valence-electron chi connectivity index (χ4n) is 6.95. The summed E-state index contributed by atoms with van der Waals surface area (Å²) in [7, 11) is 0. The number of hydrogen-bond acceptors (Lipinski definition) is 13. The van der Waals surface area contributed by atoms with Gasteiger partial charge in [-0.3, -0.25) is 52.9 Å². The predicted molar refractivity (Wildman–Crippen MR) is 271 cm³/mol. The Balaban J connectivity index is 3.38. The quantitative estimate of drug-likeness (QED) is 0.0218. The van der Waals surface area contributed by atoms with Crippen LogP contribution in [0, 0.1) is 17.8 Å². The van der Waals surface area contributed by atoms with Gasteiger partial charge >= 0.3 is 11.9 Å². The number of amides is 8. The summed E-state index contributed by atoms with van der Waals surface area (Å²) < 4.78 is 0. The SMILES string of the molecule is CSCC[C@H](NC(=O)[C@H](CC(C)C)NC(=O)[C@H](CC(=O)O)NC(=O)[C@H](CC(C)C)NC(=O)[C@@H](N)Cc1ccccc1)C(=O)N[C@@H](CCCN=C(N)N)C(=O)N[C@@H](C)C(=O)N[C@H](C(=O)N[C@@H](C)C(=O)O)C(C)C. The highest BCUT2D eigenvalue weighted by molar-refractivity contribution is 7.98. The van der Waals surface area contributed by atoms with Gasteiger partial charge in [-0.25, -0.2) is 0 Å². The van der Waals surface area contributed by atoms with Crippen LogP contribution in [-0.2, 0) is 54.4 Å². The van der Waals surface area contributed by atoms with Crippen molar-refractivity contribution in [3.05, 3.63) is 35.9 Å². The maximum absolute atomic E-state index is 14.1. The number of carboxylic acids is 2. The lowest BCUT2D eigenvalue weighted by Crippen LogP contribution is -2.60. The van der Waals surface area contributed by atoms with Crippen LogP contribution >= 0.6 is 11.8 Å². The smallest absolute Gasteiger partial charge is 0.325 e. The molecule has 0 unspecified atom stereocenters. The number of thioether (sulfide) groups is 1. The third-order valence-corrected chi connectivity index (χ3v) is 11.5. The van der Waals surface area contributed by atoms with Crippen LogP contribution in [0.4, 0.5) is 0 Å². The first-order chi connectivity index (χ1) is 33.7. The lowest BCUT2D eigenvalue weighted by Gasteiger charge is -2.28. The molecule has 25 heteroatoms. The van der Waals surface area contributed by atoms with Crippen molar-refractivity contribution in [1.82, 2.24) is 42.5 Å². The molecular formula is C47H78N12O12S. The number of aliphatic carboxylic acids is 2. The monoisotopic (exact) mass is 1030 g/mol. The van der Waals surface area contributed by atoms with Crippen molar-refractivity contribution in [3.8, 4) is 0 Å². The molecule has 0 heterocycles. The Bertz CT molecular complexity index is 2020. The highest BCUT2D eigenvalue weighted by Gasteiger charge is 2.35. The highest BCUT2D eigenvalue weighted by Crippen LogP contribution is 2.12. The second-order valence-corrected chi connectivity index (χ2v) is 19.7. The van der Waals surface area contributed by atoms with Gasteiger partial charge < -0.3 is 69.9 Å². The molecule has 1 aromatic rings. The predicted octanol–water partition coefficient (Wildman–Crippen LogP) is -1.41. The summed E-state index contributed by atoms with van der Waals surface area (Å²) >= 11 is 1.35. The summed E-state index contributed by atoms with van der Waals surface area (Å²) in [5, 5.41) is 39.3. The molecule has 0 spiro atoms. The van der Waals surface area contributed by atoms with E-state index < -0.39 is 126 Å². The summed E-state index contributed by atoms with van der Waals surface area (Å²) in [6.45, 7) is 13.0. The van der Waals surface area contributed by atoms with E-state index in [1.807, 2.05) is 6.07 Å². The molecule has 0 aliphatic rings. The van der Waals surface area contributed by atoms with Crippen molar-refractivity contribution in [1.29, 1.82) is 0 Å². The molecule has 0 aliphatic carbocycles. The van der Waals surface area contributed by atoms with E-state index in [4.69, 9.17) is 17.2 Å². The minimum absolute atomic E-state index is 0.00119. The number of carbonyl (C=O) groups excluding carboxylic acids is 8. The summed E-state index contributed by atoms with van der Waals surface area (Å²) in [4.78, 5) is 136. The second-order valence-electron chi connectivity index (χ2n) is 18.7. The van der Waals surface area contributed by atoms with Gasteiger partial charge in [0, 0.05) is 6.54 Å². The number of carbonyl (C=O) groups is 10. The van der Waals surface area contributed by atoms with Gasteiger partial charge in [-0.15, -0.1) is 0 Å². The first-order valence-corrected chi connectivity index (χ1v) is 25.3. The minimum atomic E-state index is -1.71. The average molecular weight is 1040 g/mol. The Labute approximate surface area is 425 Å². The summed E-state index contributed by atoms with van der Waals surface area (Å²) in [6, 6.07) is -2.65. The summed E-state index contributed by atoms with van der Waals surface area (Å²) in [5.74, 6) is -10.0. The Hall–Kier alpha value is -6.50. The van der Waals surface area contributed by atoms with E-state index >= 15 is 0 Å². The van der Waals surface area contributed by atoms with Crippen molar-refractivity contribution < 1.29 is 58.2 Å². The van der Waals surface area contributed by atoms with E-state index in [1.165, 1.54) is 25.6 Å². The third-order valence-electron chi connectivity index (χ3n) is 10.9. The van der Waals surface area contributed by atoms with Crippen LogP contribution in [0.5, 0.6) is 0 Å². The van der Waals surface area contributed by atoms with Crippen LogP contribution in [-0.4, -0.2) is 148 Å². The molecular weight excluding hydrogens is 957 g/mol. The van der Waals surface area contributed by atoms with Gasteiger partial charge in [0.15, 0.2) is 5.96 Å². The molecule has 16 N–H and O–H groups in total. The van der Waals surface area contributed by atoms with Crippen LogP contribution in [0.2, 0.25) is 0 Å². The van der Waals surface area contributed by atoms with E-state index in [0.29, 0.717) is 5.75 Å². The van der Waals surface area contributed by atoms with Gasteiger partial charge in [0.25, 0.3) is 0 Å². The first kappa shape index (κ1) is 63.5. The maximum Gasteiger partial charge on any atom is 0.325 e. The fraction of sp³-hybridized carbons (Fsp3) is 0.638. The number of hydrogen-bond donors (Lipinski definition) is 13. The Morgan fingerprint density at radius 2 is 1.03 bits per heavy atom. The van der Waals surface area contributed by atoms with Crippen molar-refractivity contribution in [2.75, 3.05) is 18.6 Å². The fourth-order valence-corrected chi connectivity index (χ4v) is 7.42. The molecule has 1 aromatic carbocycles. The molecule has 0 aliphatic heterocycles. The zero-order valence-electron chi connectivity index (χ0n) is 42.7. The molecule has 72 heavy (non-hydrogen) atoms. The molecule has 0 saturated carbocycles. The zero-order chi connectivity index (χ0) is 54.8. The van der Waals surface area contributed by atoms with Crippen LogP contribution in [0.15, 0.2) is 35.3 Å². The third kappa shape index (κ3) is 24.6. The minimum Gasteiger partial charge on any atom is -0.481 e.